The number of aromatic amines is 1. The molecule has 120 valence electrons. The number of rotatable bonds is 7. The van der Waals surface area contributed by atoms with Crippen LogP contribution in [0.2, 0.25) is 0 Å². The third-order valence-electron chi connectivity index (χ3n) is 3.10. The summed E-state index contributed by atoms with van der Waals surface area (Å²) < 4.78 is 35.0. The number of carbonyl (C=O) groups is 1. The molecular weight excluding hydrogens is 309 g/mol. The Kier molecular flexibility index (Phi) is 5.12. The van der Waals surface area contributed by atoms with E-state index in [0.717, 1.165) is 6.26 Å². The molecule has 2 N–H and O–H groups in total. The van der Waals surface area contributed by atoms with Crippen LogP contribution in [0.5, 0.6) is 0 Å². The number of benzene rings is 1. The highest BCUT2D eigenvalue weighted by Gasteiger charge is 2.07. The van der Waals surface area contributed by atoms with Crippen LogP contribution < -0.4 is 5.32 Å². The number of amides is 1. The Morgan fingerprint density at radius 1 is 1.41 bits per heavy atom. The molecule has 0 atom stereocenters. The number of nitrogens with zero attached hydrogens (tertiary/aromatic N) is 1. The summed E-state index contributed by atoms with van der Waals surface area (Å²) in [7, 11) is -3.03. The van der Waals surface area contributed by atoms with Gasteiger partial charge in [0.1, 0.15) is 21.5 Å². The average molecular weight is 327 g/mol. The second kappa shape index (κ2) is 6.87. The van der Waals surface area contributed by atoms with Crippen molar-refractivity contribution in [2.45, 2.75) is 19.3 Å². The summed E-state index contributed by atoms with van der Waals surface area (Å²) in [5, 5.41) is 2.71. The fourth-order valence-electron chi connectivity index (χ4n) is 2.06. The Labute approximate surface area is 128 Å². The van der Waals surface area contributed by atoms with Gasteiger partial charge in [-0.25, -0.2) is 17.8 Å². The number of sulfone groups is 1. The zero-order valence-electron chi connectivity index (χ0n) is 12.2. The molecule has 2 rings (SSSR count). The molecule has 0 aliphatic carbocycles. The zero-order valence-corrected chi connectivity index (χ0v) is 13.0. The van der Waals surface area contributed by atoms with E-state index in [9.17, 15) is 17.6 Å². The van der Waals surface area contributed by atoms with Crippen molar-refractivity contribution in [2.24, 2.45) is 0 Å². The lowest BCUT2D eigenvalue weighted by atomic mass is 10.3. The van der Waals surface area contributed by atoms with Crippen molar-refractivity contribution in [1.29, 1.82) is 0 Å². The number of nitrogens with one attached hydrogen (secondary N) is 2. The largest absolute Gasteiger partial charge is 0.356 e. The summed E-state index contributed by atoms with van der Waals surface area (Å²) in [4.78, 5) is 18.8. The zero-order chi connectivity index (χ0) is 16.2. The lowest BCUT2D eigenvalue weighted by molar-refractivity contribution is -0.121. The maximum absolute atomic E-state index is 13.1. The summed E-state index contributed by atoms with van der Waals surface area (Å²) in [6.07, 6.45) is 2.14. The van der Waals surface area contributed by atoms with Gasteiger partial charge in [-0.1, -0.05) is 0 Å². The Morgan fingerprint density at radius 3 is 2.91 bits per heavy atom. The first-order valence-corrected chi connectivity index (χ1v) is 8.98. The van der Waals surface area contributed by atoms with E-state index in [1.807, 2.05) is 0 Å². The van der Waals surface area contributed by atoms with Crippen LogP contribution >= 0.6 is 0 Å². The van der Waals surface area contributed by atoms with Crippen LogP contribution in [0.4, 0.5) is 4.39 Å². The third-order valence-corrected chi connectivity index (χ3v) is 4.13. The fourth-order valence-corrected chi connectivity index (χ4v) is 2.73. The van der Waals surface area contributed by atoms with Crippen molar-refractivity contribution in [3.63, 3.8) is 0 Å². The van der Waals surface area contributed by atoms with E-state index in [1.165, 1.54) is 12.1 Å². The Balaban J connectivity index is 1.76. The SMILES string of the molecule is CS(=O)(=O)CCCC(=O)NCCc1nc2ccc(F)cc2[nH]1. The van der Waals surface area contributed by atoms with Gasteiger partial charge in [-0.2, -0.15) is 0 Å². The molecule has 8 heteroatoms. The van der Waals surface area contributed by atoms with Gasteiger partial charge in [-0.15, -0.1) is 0 Å². The van der Waals surface area contributed by atoms with Crippen LogP contribution in [0.1, 0.15) is 18.7 Å². The molecule has 0 unspecified atom stereocenters. The molecule has 22 heavy (non-hydrogen) atoms. The minimum absolute atomic E-state index is 0.00948. The summed E-state index contributed by atoms with van der Waals surface area (Å²) in [5.74, 6) is 0.153. The molecule has 6 nitrogen and oxygen atoms in total. The average Bonchev–Trinajstić information content (AvgIpc) is 2.79. The number of imidazole rings is 1. The highest BCUT2D eigenvalue weighted by atomic mass is 32.2. The first-order valence-electron chi connectivity index (χ1n) is 6.92. The molecule has 1 amide bonds. The second-order valence-electron chi connectivity index (χ2n) is 5.18. The summed E-state index contributed by atoms with van der Waals surface area (Å²) in [5.41, 5.74) is 1.30. The van der Waals surface area contributed by atoms with Crippen molar-refractivity contribution in [3.05, 3.63) is 29.8 Å². The maximum atomic E-state index is 13.1. The quantitative estimate of drug-likeness (QED) is 0.799. The van der Waals surface area contributed by atoms with Gasteiger partial charge in [0.15, 0.2) is 0 Å². The van der Waals surface area contributed by atoms with E-state index in [-0.39, 0.29) is 23.9 Å². The molecular formula is C14H18FN3O3S. The Morgan fingerprint density at radius 2 is 2.18 bits per heavy atom. The van der Waals surface area contributed by atoms with Crippen molar-refractivity contribution in [2.75, 3.05) is 18.6 Å². The smallest absolute Gasteiger partial charge is 0.220 e. The number of hydrogen-bond donors (Lipinski definition) is 2. The normalized spacial score (nSPS) is 11.7. The van der Waals surface area contributed by atoms with Crippen LogP contribution in [0.15, 0.2) is 18.2 Å². The van der Waals surface area contributed by atoms with E-state index in [2.05, 4.69) is 15.3 Å². The van der Waals surface area contributed by atoms with Gasteiger partial charge in [0, 0.05) is 25.6 Å². The van der Waals surface area contributed by atoms with Crippen LogP contribution in [-0.2, 0) is 21.1 Å². The summed E-state index contributed by atoms with van der Waals surface area (Å²) in [6, 6.07) is 4.31. The van der Waals surface area contributed by atoms with E-state index in [4.69, 9.17) is 0 Å². The lowest BCUT2D eigenvalue weighted by Gasteiger charge is -2.03. The molecule has 0 spiro atoms. The lowest BCUT2D eigenvalue weighted by Crippen LogP contribution is -2.26. The van der Waals surface area contributed by atoms with Crippen molar-refractivity contribution < 1.29 is 17.6 Å². The van der Waals surface area contributed by atoms with E-state index in [1.54, 1.807) is 6.07 Å². The number of hydrogen-bond acceptors (Lipinski definition) is 4. The van der Waals surface area contributed by atoms with Crippen LogP contribution in [0, 0.1) is 5.82 Å². The van der Waals surface area contributed by atoms with Crippen molar-refractivity contribution in [3.8, 4) is 0 Å². The molecule has 0 radical (unpaired) electrons. The fraction of sp³-hybridized carbons (Fsp3) is 0.429. The number of halogens is 1. The summed E-state index contributed by atoms with van der Waals surface area (Å²) >= 11 is 0. The van der Waals surface area contributed by atoms with E-state index in [0.29, 0.717) is 36.2 Å². The van der Waals surface area contributed by atoms with Gasteiger partial charge in [0.25, 0.3) is 0 Å². The highest BCUT2D eigenvalue weighted by molar-refractivity contribution is 7.90. The molecule has 0 aliphatic rings. The number of fused-ring (bicyclic) bond motifs is 1. The first kappa shape index (κ1) is 16.4. The molecule has 0 fully saturated rings. The van der Waals surface area contributed by atoms with Crippen LogP contribution in [0.3, 0.4) is 0 Å². The Bertz CT molecular complexity index is 771. The minimum Gasteiger partial charge on any atom is -0.356 e. The van der Waals surface area contributed by atoms with Gasteiger partial charge >= 0.3 is 0 Å². The maximum Gasteiger partial charge on any atom is 0.220 e. The van der Waals surface area contributed by atoms with Gasteiger partial charge in [0.2, 0.25) is 5.91 Å². The van der Waals surface area contributed by atoms with Crippen molar-refractivity contribution in [1.82, 2.24) is 15.3 Å². The molecule has 0 saturated carbocycles. The Hall–Kier alpha value is -1.96. The van der Waals surface area contributed by atoms with Gasteiger partial charge in [-0.3, -0.25) is 4.79 Å². The van der Waals surface area contributed by atoms with Gasteiger partial charge in [0.05, 0.1) is 16.8 Å². The number of carbonyl (C=O) groups excluding carboxylic acids is 1. The van der Waals surface area contributed by atoms with E-state index >= 15 is 0 Å². The standard InChI is InChI=1S/C14H18FN3O3S/c1-22(20,21)8-2-3-14(19)16-7-6-13-17-11-5-4-10(15)9-12(11)18-13/h4-5,9H,2-3,6-8H2,1H3,(H,16,19)(H,17,18). The van der Waals surface area contributed by atoms with Gasteiger partial charge < -0.3 is 10.3 Å². The van der Waals surface area contributed by atoms with Crippen molar-refractivity contribution >= 4 is 26.8 Å². The molecule has 2 aromatic rings. The predicted molar refractivity (Wildman–Crippen MR) is 81.7 cm³/mol. The monoisotopic (exact) mass is 327 g/mol. The number of H-pyrrole nitrogens is 1. The topological polar surface area (TPSA) is 91.9 Å². The highest BCUT2D eigenvalue weighted by Crippen LogP contribution is 2.12. The second-order valence-corrected chi connectivity index (χ2v) is 7.44. The molecule has 0 aliphatic heterocycles. The minimum atomic E-state index is -3.03. The molecule has 0 bridgehead atoms. The molecule has 1 heterocycles. The first-order chi connectivity index (χ1) is 10.3. The molecule has 0 saturated heterocycles. The van der Waals surface area contributed by atoms with Crippen LogP contribution in [-0.4, -0.2) is 42.8 Å². The predicted octanol–water partition coefficient (Wildman–Crippen LogP) is 1.19. The van der Waals surface area contributed by atoms with E-state index < -0.39 is 9.84 Å². The van der Waals surface area contributed by atoms with Gasteiger partial charge in [-0.05, 0) is 24.6 Å². The van der Waals surface area contributed by atoms with Crippen LogP contribution in [0.25, 0.3) is 11.0 Å². The number of aromatic nitrogens is 2. The summed E-state index contributed by atoms with van der Waals surface area (Å²) in [6.45, 7) is 0.389. The molecule has 1 aromatic heterocycles. The molecule has 1 aromatic carbocycles. The third kappa shape index (κ3) is 5.10.